The van der Waals surface area contributed by atoms with E-state index >= 15 is 0 Å². The molecule has 0 bridgehead atoms. The third kappa shape index (κ3) is 6.39. The van der Waals surface area contributed by atoms with Crippen LogP contribution in [0.25, 0.3) is 0 Å². The number of carbonyl (C=O) groups is 1. The Morgan fingerprint density at radius 2 is 1.62 bits per heavy atom. The van der Waals surface area contributed by atoms with Gasteiger partial charge in [-0.2, -0.15) is 0 Å². The van der Waals surface area contributed by atoms with E-state index in [1.807, 2.05) is 0 Å². The number of aliphatic hydroxyl groups is 2. The molecule has 11 heteroatoms. The molecule has 7 nitrogen and oxygen atoms in total. The first-order valence-corrected chi connectivity index (χ1v) is 18.2. The topological polar surface area (TPSA) is 113 Å². The molecule has 4 saturated carbocycles. The number of rotatable bonds is 8. The molecule has 12 atom stereocenters. The first-order chi connectivity index (χ1) is 20.9. The molecule has 0 heterocycles. The summed E-state index contributed by atoms with van der Waals surface area (Å²) in [6.45, 7) is 10.8. The number of halogens is 3. The van der Waals surface area contributed by atoms with E-state index in [2.05, 4.69) is 37.2 Å². The van der Waals surface area contributed by atoms with E-state index in [1.165, 1.54) is 0 Å². The molecule has 0 aliphatic heterocycles. The highest BCUT2D eigenvalue weighted by molar-refractivity contribution is 7.90. The zero-order valence-electron chi connectivity index (χ0n) is 27.0. The Kier molecular flexibility index (Phi) is 9.43. The van der Waals surface area contributed by atoms with E-state index in [9.17, 15) is 36.6 Å². The number of hydrogen-bond donors (Lipinski definition) is 3. The molecule has 0 aromatic heterocycles. The fourth-order valence-corrected chi connectivity index (χ4v) is 12.0. The van der Waals surface area contributed by atoms with Crippen LogP contribution in [0.3, 0.4) is 0 Å². The number of ether oxygens (including phenoxy) is 1. The standard InChI is InChI=1S/C34H50F3NO6S/c1-6-24-28-18-21(39)13-15-33(28,5)27-14-16-32(4)25(11-12-26(32)29(27)30(24)40)19(2)17-20(3)31(41)38-45(42,43)23-9-7-22(8-10-23)44-34(35,36)37/h7-10,19-21,24-30,39-40H,6,11-18H2,1-5H3,(H,38,41)/t19-,20-,21-,24-,25-,26+,27+,28?,29?,30-,32-,33+/m1/s1. The summed E-state index contributed by atoms with van der Waals surface area (Å²) in [4.78, 5) is 12.8. The molecule has 4 fully saturated rings. The van der Waals surface area contributed by atoms with Crippen molar-refractivity contribution in [2.24, 2.45) is 58.2 Å². The highest BCUT2D eigenvalue weighted by atomic mass is 32.2. The van der Waals surface area contributed by atoms with Gasteiger partial charge >= 0.3 is 6.36 Å². The summed E-state index contributed by atoms with van der Waals surface area (Å²) in [6, 6.07) is 3.74. The Labute approximate surface area is 265 Å². The molecule has 1 aromatic rings. The van der Waals surface area contributed by atoms with Gasteiger partial charge in [-0.25, -0.2) is 13.1 Å². The van der Waals surface area contributed by atoms with Gasteiger partial charge in [0, 0.05) is 5.92 Å². The lowest BCUT2D eigenvalue weighted by atomic mass is 9.41. The molecule has 1 amide bonds. The largest absolute Gasteiger partial charge is 0.573 e. The summed E-state index contributed by atoms with van der Waals surface area (Å²) in [5.74, 6) is 0.250. The predicted molar refractivity (Wildman–Crippen MR) is 163 cm³/mol. The number of carbonyl (C=O) groups excluding carboxylic acids is 1. The maximum atomic E-state index is 13.1. The van der Waals surface area contributed by atoms with E-state index in [4.69, 9.17) is 0 Å². The maximum absolute atomic E-state index is 13.1. The van der Waals surface area contributed by atoms with Crippen LogP contribution < -0.4 is 9.46 Å². The first-order valence-electron chi connectivity index (χ1n) is 16.7. The second-order valence-corrected chi connectivity index (χ2v) is 16.9. The lowest BCUT2D eigenvalue weighted by Crippen LogP contribution is -2.62. The molecule has 45 heavy (non-hydrogen) atoms. The van der Waals surface area contributed by atoms with E-state index in [-0.39, 0.29) is 45.7 Å². The van der Waals surface area contributed by atoms with Crippen LogP contribution in [0.4, 0.5) is 13.2 Å². The van der Waals surface area contributed by atoms with Crippen molar-refractivity contribution in [3.63, 3.8) is 0 Å². The molecular formula is C34H50F3NO6S. The average Bonchev–Trinajstić information content (AvgIpc) is 3.30. The van der Waals surface area contributed by atoms with Gasteiger partial charge in [0.05, 0.1) is 17.1 Å². The van der Waals surface area contributed by atoms with Crippen molar-refractivity contribution in [1.29, 1.82) is 0 Å². The van der Waals surface area contributed by atoms with Gasteiger partial charge in [0.1, 0.15) is 5.75 Å². The fraction of sp³-hybridized carbons (Fsp3) is 0.794. The van der Waals surface area contributed by atoms with Crippen molar-refractivity contribution in [1.82, 2.24) is 4.72 Å². The number of fused-ring (bicyclic) bond motifs is 5. The van der Waals surface area contributed by atoms with Crippen LogP contribution in [0.2, 0.25) is 0 Å². The number of benzene rings is 1. The van der Waals surface area contributed by atoms with Gasteiger partial charge in [-0.15, -0.1) is 13.2 Å². The van der Waals surface area contributed by atoms with Gasteiger partial charge in [-0.3, -0.25) is 4.79 Å². The number of sulfonamides is 1. The van der Waals surface area contributed by atoms with Gasteiger partial charge in [-0.05, 0) is 128 Å². The number of aliphatic hydroxyl groups excluding tert-OH is 2. The number of nitrogens with one attached hydrogen (secondary N) is 1. The first kappa shape index (κ1) is 34.5. The van der Waals surface area contributed by atoms with Crippen molar-refractivity contribution >= 4 is 15.9 Å². The summed E-state index contributed by atoms with van der Waals surface area (Å²) in [6.07, 6.45) is 2.62. The second-order valence-electron chi connectivity index (χ2n) is 15.2. The molecule has 4 aliphatic rings. The summed E-state index contributed by atoms with van der Waals surface area (Å²) in [5, 5.41) is 22.5. The van der Waals surface area contributed by atoms with Crippen molar-refractivity contribution < 1.29 is 41.3 Å². The molecule has 4 aliphatic carbocycles. The summed E-state index contributed by atoms with van der Waals surface area (Å²) < 4.78 is 69.0. The summed E-state index contributed by atoms with van der Waals surface area (Å²) in [5.41, 5.74) is 0.137. The Hall–Kier alpha value is -1.85. The fourth-order valence-electron chi connectivity index (χ4n) is 10.9. The van der Waals surface area contributed by atoms with Crippen molar-refractivity contribution in [3.8, 4) is 5.75 Å². The predicted octanol–water partition coefficient (Wildman–Crippen LogP) is 6.68. The molecule has 2 unspecified atom stereocenters. The SMILES string of the molecule is CC[C@@H]1C2C[C@H](O)CC[C@@]2(C)[C@H]2CC[C@]3(C)[C@@H]([C@H](C)C[C@@H](C)C(=O)NS(=O)(=O)c4ccc(OC(F)(F)F)cc4)CC[C@H]3C2[C@@H]1O. The Morgan fingerprint density at radius 1 is 1.00 bits per heavy atom. The van der Waals surface area contributed by atoms with E-state index in [0.717, 1.165) is 75.6 Å². The lowest BCUT2D eigenvalue weighted by Gasteiger charge is -2.64. The van der Waals surface area contributed by atoms with Crippen molar-refractivity contribution in [3.05, 3.63) is 24.3 Å². The van der Waals surface area contributed by atoms with Crippen LogP contribution in [0, 0.1) is 58.2 Å². The van der Waals surface area contributed by atoms with E-state index < -0.39 is 34.0 Å². The third-order valence-corrected chi connectivity index (χ3v) is 14.3. The van der Waals surface area contributed by atoms with Crippen molar-refractivity contribution in [2.75, 3.05) is 0 Å². The van der Waals surface area contributed by atoms with Crippen LogP contribution in [0.15, 0.2) is 29.2 Å². The Balaban J connectivity index is 1.25. The van der Waals surface area contributed by atoms with Crippen LogP contribution in [-0.2, 0) is 14.8 Å². The number of amides is 1. The Morgan fingerprint density at radius 3 is 2.24 bits per heavy atom. The van der Waals surface area contributed by atoms with Crippen LogP contribution in [0.5, 0.6) is 5.75 Å². The zero-order valence-corrected chi connectivity index (χ0v) is 27.8. The van der Waals surface area contributed by atoms with E-state index in [1.54, 1.807) is 6.92 Å². The molecular weight excluding hydrogens is 607 g/mol. The number of alkyl halides is 3. The molecule has 0 saturated heterocycles. The molecule has 1 aromatic carbocycles. The average molecular weight is 658 g/mol. The monoisotopic (exact) mass is 657 g/mol. The minimum absolute atomic E-state index is 0.0136. The van der Waals surface area contributed by atoms with Crippen molar-refractivity contribution in [2.45, 2.75) is 116 Å². The van der Waals surface area contributed by atoms with Gasteiger partial charge in [0.15, 0.2) is 0 Å². The third-order valence-electron chi connectivity index (χ3n) is 12.9. The highest BCUT2D eigenvalue weighted by Crippen LogP contribution is 2.69. The maximum Gasteiger partial charge on any atom is 0.573 e. The second kappa shape index (κ2) is 12.3. The molecule has 0 radical (unpaired) electrons. The smallest absolute Gasteiger partial charge is 0.406 e. The van der Waals surface area contributed by atoms with Crippen LogP contribution in [-0.4, -0.2) is 43.1 Å². The molecule has 3 N–H and O–H groups in total. The minimum Gasteiger partial charge on any atom is -0.406 e. The minimum atomic E-state index is -4.90. The molecule has 254 valence electrons. The molecule has 5 rings (SSSR count). The van der Waals surface area contributed by atoms with E-state index in [0.29, 0.717) is 30.1 Å². The van der Waals surface area contributed by atoms with Gasteiger partial charge < -0.3 is 14.9 Å². The summed E-state index contributed by atoms with van der Waals surface area (Å²) >= 11 is 0. The normalized spacial score (nSPS) is 39.6. The number of hydrogen-bond acceptors (Lipinski definition) is 6. The summed E-state index contributed by atoms with van der Waals surface area (Å²) in [7, 11) is -4.28. The zero-order chi connectivity index (χ0) is 33.1. The van der Waals surface area contributed by atoms with Crippen LogP contribution >= 0.6 is 0 Å². The van der Waals surface area contributed by atoms with Gasteiger partial charge in [0.25, 0.3) is 10.0 Å². The quantitative estimate of drug-likeness (QED) is 0.288. The molecule has 0 spiro atoms. The Bertz CT molecular complexity index is 1340. The lowest BCUT2D eigenvalue weighted by molar-refractivity contribution is -0.274. The highest BCUT2D eigenvalue weighted by Gasteiger charge is 2.65. The van der Waals surface area contributed by atoms with Crippen LogP contribution in [0.1, 0.15) is 92.4 Å². The van der Waals surface area contributed by atoms with Gasteiger partial charge in [0.2, 0.25) is 5.91 Å². The van der Waals surface area contributed by atoms with Gasteiger partial charge in [-0.1, -0.05) is 41.0 Å².